The minimum atomic E-state index is -0.256. The summed E-state index contributed by atoms with van der Waals surface area (Å²) >= 11 is 0. The van der Waals surface area contributed by atoms with Crippen LogP contribution in [0.1, 0.15) is 33.6 Å². The molecule has 6 nitrogen and oxygen atoms in total. The topological polar surface area (TPSA) is 63.0 Å². The Hall–Kier alpha value is -3.61. The van der Waals surface area contributed by atoms with Crippen molar-refractivity contribution in [2.45, 2.75) is 13.5 Å². The summed E-state index contributed by atoms with van der Waals surface area (Å²) in [4.78, 5) is 27.7. The molecule has 0 N–H and O–H groups in total. The fourth-order valence-corrected chi connectivity index (χ4v) is 3.53. The highest BCUT2D eigenvalue weighted by molar-refractivity contribution is 5.94. The van der Waals surface area contributed by atoms with Gasteiger partial charge in [-0.3, -0.25) is 9.59 Å². The zero-order valence-electron chi connectivity index (χ0n) is 17.2. The van der Waals surface area contributed by atoms with Crippen LogP contribution in [-0.2, 0) is 6.61 Å². The first-order valence-corrected chi connectivity index (χ1v) is 10.1. The van der Waals surface area contributed by atoms with Gasteiger partial charge in [-0.1, -0.05) is 12.1 Å². The van der Waals surface area contributed by atoms with E-state index in [9.17, 15) is 14.0 Å². The molecule has 2 heterocycles. The molecule has 1 aliphatic rings. The second-order valence-electron chi connectivity index (χ2n) is 7.37. The first kappa shape index (κ1) is 20.7. The molecular weight excluding hydrogens is 399 g/mol. The number of ketones is 1. The molecule has 160 valence electrons. The summed E-state index contributed by atoms with van der Waals surface area (Å²) in [7, 11) is 0. The van der Waals surface area contributed by atoms with Gasteiger partial charge in [-0.2, -0.15) is 0 Å². The molecule has 0 atom stereocenters. The standard InChI is InChI=1S/C24H23FN2O4/c1-17(28)18-6-8-19(9-7-18)30-16-20-10-11-23(31-20)24(29)27-14-12-26(13-15-27)22-5-3-2-4-21(22)25/h2-11H,12-16H2,1H3. The summed E-state index contributed by atoms with van der Waals surface area (Å²) in [5.74, 6) is 0.946. The van der Waals surface area contributed by atoms with Crippen molar-refractivity contribution in [2.24, 2.45) is 0 Å². The van der Waals surface area contributed by atoms with E-state index in [4.69, 9.17) is 9.15 Å². The van der Waals surface area contributed by atoms with Crippen molar-refractivity contribution in [3.05, 3.63) is 83.6 Å². The minimum absolute atomic E-state index is 0.00419. The lowest BCUT2D eigenvalue weighted by molar-refractivity contribution is 0.0710. The van der Waals surface area contributed by atoms with Crippen LogP contribution >= 0.6 is 0 Å². The summed E-state index contributed by atoms with van der Waals surface area (Å²) in [5.41, 5.74) is 1.18. The molecule has 2 aromatic carbocycles. The molecule has 1 aromatic heterocycles. The van der Waals surface area contributed by atoms with E-state index < -0.39 is 0 Å². The van der Waals surface area contributed by atoms with Gasteiger partial charge >= 0.3 is 0 Å². The van der Waals surface area contributed by atoms with Gasteiger partial charge in [-0.15, -0.1) is 0 Å². The zero-order chi connectivity index (χ0) is 21.8. The van der Waals surface area contributed by atoms with Crippen molar-refractivity contribution in [1.29, 1.82) is 0 Å². The number of amides is 1. The highest BCUT2D eigenvalue weighted by Crippen LogP contribution is 2.21. The number of furan rings is 1. The molecule has 1 saturated heterocycles. The average Bonchev–Trinajstić information content (AvgIpc) is 3.27. The van der Waals surface area contributed by atoms with E-state index in [-0.39, 0.29) is 29.9 Å². The number of para-hydroxylation sites is 1. The quantitative estimate of drug-likeness (QED) is 0.558. The number of hydrogen-bond donors (Lipinski definition) is 0. The summed E-state index contributed by atoms with van der Waals surface area (Å²) in [6.07, 6.45) is 0. The maximum atomic E-state index is 14.0. The normalized spacial score (nSPS) is 13.9. The Morgan fingerprint density at radius 1 is 0.968 bits per heavy atom. The molecule has 1 fully saturated rings. The number of carbonyl (C=O) groups excluding carboxylic acids is 2. The van der Waals surface area contributed by atoms with Crippen LogP contribution in [0.3, 0.4) is 0 Å². The van der Waals surface area contributed by atoms with Gasteiger partial charge in [-0.05, 0) is 55.5 Å². The summed E-state index contributed by atoms with van der Waals surface area (Å²) in [6.45, 7) is 3.77. The Bertz CT molecular complexity index is 1070. The second kappa shape index (κ2) is 9.04. The van der Waals surface area contributed by atoms with Crippen LogP contribution in [0.25, 0.3) is 0 Å². The number of hydrogen-bond acceptors (Lipinski definition) is 5. The SMILES string of the molecule is CC(=O)c1ccc(OCc2ccc(C(=O)N3CCN(c4ccccc4F)CC3)o2)cc1. The lowest BCUT2D eigenvalue weighted by atomic mass is 10.1. The molecule has 0 bridgehead atoms. The average molecular weight is 422 g/mol. The summed E-state index contributed by atoms with van der Waals surface area (Å²) in [6, 6.07) is 16.9. The number of halogens is 1. The van der Waals surface area contributed by atoms with E-state index in [1.165, 1.54) is 13.0 Å². The number of benzene rings is 2. The lowest BCUT2D eigenvalue weighted by Crippen LogP contribution is -2.49. The maximum Gasteiger partial charge on any atom is 0.289 e. The molecule has 31 heavy (non-hydrogen) atoms. The largest absolute Gasteiger partial charge is 0.486 e. The number of piperazine rings is 1. The summed E-state index contributed by atoms with van der Waals surface area (Å²) < 4.78 is 25.3. The Balaban J connectivity index is 1.31. The van der Waals surface area contributed by atoms with Crippen LogP contribution < -0.4 is 9.64 Å². The van der Waals surface area contributed by atoms with Crippen molar-refractivity contribution in [3.63, 3.8) is 0 Å². The van der Waals surface area contributed by atoms with E-state index in [2.05, 4.69) is 0 Å². The fourth-order valence-electron chi connectivity index (χ4n) is 3.53. The zero-order valence-corrected chi connectivity index (χ0v) is 17.2. The second-order valence-corrected chi connectivity index (χ2v) is 7.37. The van der Waals surface area contributed by atoms with Gasteiger partial charge in [-0.25, -0.2) is 4.39 Å². The van der Waals surface area contributed by atoms with Crippen molar-refractivity contribution in [3.8, 4) is 5.75 Å². The molecule has 0 spiro atoms. The third-order valence-corrected chi connectivity index (χ3v) is 5.27. The Morgan fingerprint density at radius 3 is 2.35 bits per heavy atom. The van der Waals surface area contributed by atoms with Crippen LogP contribution in [0, 0.1) is 5.82 Å². The van der Waals surface area contributed by atoms with Crippen molar-refractivity contribution >= 4 is 17.4 Å². The van der Waals surface area contributed by atoms with Crippen LogP contribution in [0.4, 0.5) is 10.1 Å². The van der Waals surface area contributed by atoms with Crippen LogP contribution in [-0.4, -0.2) is 42.8 Å². The molecule has 0 unspecified atom stereocenters. The number of Topliss-reactive ketones (excluding diaryl/α,β-unsaturated/α-hetero) is 1. The van der Waals surface area contributed by atoms with Crippen molar-refractivity contribution in [2.75, 3.05) is 31.1 Å². The first-order valence-electron chi connectivity index (χ1n) is 10.1. The molecule has 1 aliphatic heterocycles. The van der Waals surface area contributed by atoms with E-state index in [1.807, 2.05) is 4.90 Å². The van der Waals surface area contributed by atoms with Crippen LogP contribution in [0.15, 0.2) is 65.1 Å². The van der Waals surface area contributed by atoms with Gasteiger partial charge < -0.3 is 19.0 Å². The third-order valence-electron chi connectivity index (χ3n) is 5.27. The van der Waals surface area contributed by atoms with Crippen molar-refractivity contribution in [1.82, 2.24) is 4.90 Å². The van der Waals surface area contributed by atoms with E-state index in [0.29, 0.717) is 48.9 Å². The highest BCUT2D eigenvalue weighted by atomic mass is 19.1. The van der Waals surface area contributed by atoms with Crippen LogP contribution in [0.5, 0.6) is 5.75 Å². The van der Waals surface area contributed by atoms with Gasteiger partial charge in [0, 0.05) is 31.7 Å². The van der Waals surface area contributed by atoms with E-state index >= 15 is 0 Å². The van der Waals surface area contributed by atoms with Crippen molar-refractivity contribution < 1.29 is 23.1 Å². The van der Waals surface area contributed by atoms with Crippen LogP contribution in [0.2, 0.25) is 0 Å². The van der Waals surface area contributed by atoms with E-state index in [0.717, 1.165) is 0 Å². The van der Waals surface area contributed by atoms with Gasteiger partial charge in [0.2, 0.25) is 0 Å². The van der Waals surface area contributed by atoms with Gasteiger partial charge in [0.25, 0.3) is 5.91 Å². The smallest absolute Gasteiger partial charge is 0.289 e. The van der Waals surface area contributed by atoms with E-state index in [1.54, 1.807) is 59.5 Å². The highest BCUT2D eigenvalue weighted by Gasteiger charge is 2.25. The predicted octanol–water partition coefficient (Wildman–Crippen LogP) is 4.16. The number of ether oxygens (including phenoxy) is 1. The summed E-state index contributed by atoms with van der Waals surface area (Å²) in [5, 5.41) is 0. The van der Waals surface area contributed by atoms with Gasteiger partial charge in [0.15, 0.2) is 11.5 Å². The number of nitrogens with zero attached hydrogens (tertiary/aromatic N) is 2. The Kier molecular flexibility index (Phi) is 6.02. The predicted molar refractivity (Wildman–Crippen MR) is 114 cm³/mol. The third kappa shape index (κ3) is 4.77. The van der Waals surface area contributed by atoms with Gasteiger partial charge in [0.05, 0.1) is 5.69 Å². The number of rotatable bonds is 6. The molecule has 0 aliphatic carbocycles. The molecule has 0 radical (unpaired) electrons. The molecule has 1 amide bonds. The first-order chi connectivity index (χ1) is 15.0. The maximum absolute atomic E-state index is 14.0. The number of anilines is 1. The Morgan fingerprint density at radius 2 is 1.68 bits per heavy atom. The number of carbonyl (C=O) groups is 2. The molecule has 7 heteroatoms. The molecule has 3 aromatic rings. The Labute approximate surface area is 179 Å². The lowest BCUT2D eigenvalue weighted by Gasteiger charge is -2.35. The fraction of sp³-hybridized carbons (Fsp3) is 0.250. The van der Waals surface area contributed by atoms with Gasteiger partial charge in [0.1, 0.15) is 23.9 Å². The molecule has 0 saturated carbocycles. The molecule has 4 rings (SSSR count). The monoisotopic (exact) mass is 422 g/mol. The molecular formula is C24H23FN2O4. The minimum Gasteiger partial charge on any atom is -0.486 e.